The number of fused-ring (bicyclic) bond motifs is 1. The van der Waals surface area contributed by atoms with Crippen LogP contribution in [0, 0.1) is 10.1 Å². The first-order valence-corrected chi connectivity index (χ1v) is 7.32. The summed E-state index contributed by atoms with van der Waals surface area (Å²) in [6.07, 6.45) is -0.272. The van der Waals surface area contributed by atoms with Crippen LogP contribution in [0.15, 0.2) is 30.3 Å². The van der Waals surface area contributed by atoms with E-state index in [1.54, 1.807) is 18.2 Å². The third kappa shape index (κ3) is 3.68. The molecule has 0 aliphatic carbocycles. The van der Waals surface area contributed by atoms with Crippen molar-refractivity contribution < 1.29 is 28.7 Å². The number of rotatable bonds is 6. The van der Waals surface area contributed by atoms with Crippen molar-refractivity contribution in [1.82, 2.24) is 0 Å². The normalized spacial score (nSPS) is 11.6. The number of carbonyl (C=O) groups is 2. The van der Waals surface area contributed by atoms with Gasteiger partial charge in [-0.15, -0.1) is 0 Å². The Hall–Kier alpha value is -3.16. The lowest BCUT2D eigenvalue weighted by Crippen LogP contribution is -2.19. The summed E-state index contributed by atoms with van der Waals surface area (Å²) in [5.41, 5.74) is 0.213. The molecule has 0 amide bonds. The van der Waals surface area contributed by atoms with Crippen LogP contribution in [0.25, 0.3) is 10.8 Å². The minimum absolute atomic E-state index is 0.108. The SMILES string of the molecule is COC(=O)CC(C(=O)OC)c1cc2c([N+](=O)[O-])cccc2cc1OC. The third-order valence-corrected chi connectivity index (χ3v) is 3.86. The lowest BCUT2D eigenvalue weighted by atomic mass is 9.92. The first kappa shape index (κ1) is 18.2. The number of esters is 2. The number of methoxy groups -OCH3 is 3. The maximum Gasteiger partial charge on any atom is 0.313 e. The Morgan fingerprint density at radius 3 is 2.44 bits per heavy atom. The Kier molecular flexibility index (Phi) is 5.53. The predicted octanol–water partition coefficient (Wildman–Crippen LogP) is 2.58. The first-order chi connectivity index (χ1) is 11.9. The molecule has 2 aromatic carbocycles. The molecule has 8 heteroatoms. The van der Waals surface area contributed by atoms with Gasteiger partial charge < -0.3 is 14.2 Å². The lowest BCUT2D eigenvalue weighted by molar-refractivity contribution is -0.383. The van der Waals surface area contributed by atoms with Gasteiger partial charge in [-0.1, -0.05) is 12.1 Å². The van der Waals surface area contributed by atoms with E-state index in [9.17, 15) is 19.7 Å². The van der Waals surface area contributed by atoms with Crippen LogP contribution in [0.3, 0.4) is 0 Å². The van der Waals surface area contributed by atoms with Gasteiger partial charge in [0.2, 0.25) is 0 Å². The minimum Gasteiger partial charge on any atom is -0.496 e. The fourth-order valence-electron chi connectivity index (χ4n) is 2.63. The predicted molar refractivity (Wildman–Crippen MR) is 88.5 cm³/mol. The highest BCUT2D eigenvalue weighted by molar-refractivity contribution is 5.95. The molecule has 25 heavy (non-hydrogen) atoms. The number of nitro benzene ring substituents is 1. The van der Waals surface area contributed by atoms with Crippen molar-refractivity contribution in [2.24, 2.45) is 0 Å². The number of carbonyl (C=O) groups excluding carboxylic acids is 2. The molecular formula is C17H17NO7. The summed E-state index contributed by atoms with van der Waals surface area (Å²) in [6.45, 7) is 0. The van der Waals surface area contributed by atoms with Crippen LogP contribution in [-0.2, 0) is 19.1 Å². The van der Waals surface area contributed by atoms with Gasteiger partial charge in [-0.2, -0.15) is 0 Å². The van der Waals surface area contributed by atoms with E-state index in [1.807, 2.05) is 0 Å². The number of nitro groups is 1. The summed E-state index contributed by atoms with van der Waals surface area (Å²) in [4.78, 5) is 34.6. The van der Waals surface area contributed by atoms with Crippen molar-refractivity contribution >= 4 is 28.4 Å². The van der Waals surface area contributed by atoms with Crippen LogP contribution in [0.1, 0.15) is 17.9 Å². The summed E-state index contributed by atoms with van der Waals surface area (Å²) in [6, 6.07) is 7.70. The molecule has 0 aromatic heterocycles. The van der Waals surface area contributed by atoms with Crippen molar-refractivity contribution in [3.05, 3.63) is 46.0 Å². The van der Waals surface area contributed by atoms with Gasteiger partial charge in [-0.25, -0.2) is 0 Å². The minimum atomic E-state index is -1.00. The highest BCUT2D eigenvalue weighted by atomic mass is 16.6. The van der Waals surface area contributed by atoms with E-state index in [4.69, 9.17) is 9.47 Å². The van der Waals surface area contributed by atoms with Gasteiger partial charge in [-0.05, 0) is 17.5 Å². The van der Waals surface area contributed by atoms with E-state index in [0.717, 1.165) is 0 Å². The molecular weight excluding hydrogens is 330 g/mol. The molecule has 1 atom stereocenters. The molecule has 2 rings (SSSR count). The standard InChI is InChI=1S/C17H17NO7/c1-23-15-7-10-5-4-6-14(18(21)22)11(10)8-12(15)13(17(20)25-3)9-16(19)24-2/h4-8,13H,9H2,1-3H3. The summed E-state index contributed by atoms with van der Waals surface area (Å²) in [5.74, 6) is -1.95. The van der Waals surface area contributed by atoms with Crippen LogP contribution in [-0.4, -0.2) is 38.2 Å². The number of hydrogen-bond donors (Lipinski definition) is 0. The van der Waals surface area contributed by atoms with E-state index < -0.39 is 22.8 Å². The fourth-order valence-corrected chi connectivity index (χ4v) is 2.63. The Labute approximate surface area is 143 Å². The number of benzene rings is 2. The van der Waals surface area contributed by atoms with Gasteiger partial charge in [-0.3, -0.25) is 19.7 Å². The highest BCUT2D eigenvalue weighted by Crippen LogP contribution is 2.37. The van der Waals surface area contributed by atoms with Gasteiger partial charge in [0.1, 0.15) is 5.75 Å². The van der Waals surface area contributed by atoms with Crippen LogP contribution < -0.4 is 4.74 Å². The molecule has 132 valence electrons. The Balaban J connectivity index is 2.70. The second-order valence-corrected chi connectivity index (χ2v) is 5.21. The molecule has 1 unspecified atom stereocenters. The van der Waals surface area contributed by atoms with Gasteiger partial charge in [0.25, 0.3) is 5.69 Å². The topological polar surface area (TPSA) is 105 Å². The van der Waals surface area contributed by atoms with Gasteiger partial charge >= 0.3 is 11.9 Å². The molecule has 0 bridgehead atoms. The molecule has 2 aromatic rings. The second kappa shape index (κ2) is 7.61. The van der Waals surface area contributed by atoms with E-state index in [2.05, 4.69) is 4.74 Å². The fraction of sp³-hybridized carbons (Fsp3) is 0.294. The second-order valence-electron chi connectivity index (χ2n) is 5.21. The molecule has 0 aliphatic heterocycles. The van der Waals surface area contributed by atoms with Gasteiger partial charge in [0.05, 0.1) is 44.0 Å². The van der Waals surface area contributed by atoms with Crippen molar-refractivity contribution in [3.63, 3.8) is 0 Å². The Morgan fingerprint density at radius 2 is 1.88 bits per heavy atom. The quantitative estimate of drug-likeness (QED) is 0.449. The van der Waals surface area contributed by atoms with Crippen molar-refractivity contribution in [3.8, 4) is 5.75 Å². The van der Waals surface area contributed by atoms with E-state index in [0.29, 0.717) is 22.1 Å². The van der Waals surface area contributed by atoms with Crippen molar-refractivity contribution in [2.45, 2.75) is 12.3 Å². The maximum atomic E-state index is 12.2. The largest absolute Gasteiger partial charge is 0.496 e. The van der Waals surface area contributed by atoms with E-state index >= 15 is 0 Å². The number of nitrogens with zero attached hydrogens (tertiary/aromatic N) is 1. The number of ether oxygens (including phenoxy) is 3. The monoisotopic (exact) mass is 347 g/mol. The van der Waals surface area contributed by atoms with Crippen LogP contribution >= 0.6 is 0 Å². The molecule has 0 radical (unpaired) electrons. The molecule has 0 aliphatic rings. The average Bonchev–Trinajstić information content (AvgIpc) is 2.63. The zero-order valence-corrected chi connectivity index (χ0v) is 14.0. The van der Waals surface area contributed by atoms with Crippen molar-refractivity contribution in [1.29, 1.82) is 0 Å². The Bertz CT molecular complexity index is 831. The van der Waals surface area contributed by atoms with Crippen LogP contribution in [0.5, 0.6) is 5.75 Å². The summed E-state index contributed by atoms with van der Waals surface area (Å²) in [7, 11) is 3.82. The number of non-ortho nitro benzene ring substituents is 1. The molecule has 0 saturated heterocycles. The van der Waals surface area contributed by atoms with Gasteiger partial charge in [0.15, 0.2) is 0 Å². The van der Waals surface area contributed by atoms with Crippen LogP contribution in [0.4, 0.5) is 5.69 Å². The van der Waals surface area contributed by atoms with Crippen LogP contribution in [0.2, 0.25) is 0 Å². The zero-order valence-electron chi connectivity index (χ0n) is 14.0. The third-order valence-electron chi connectivity index (χ3n) is 3.86. The molecule has 0 fully saturated rings. The molecule has 0 saturated carbocycles. The van der Waals surface area contributed by atoms with E-state index in [-0.39, 0.29) is 12.1 Å². The van der Waals surface area contributed by atoms with E-state index in [1.165, 1.54) is 33.5 Å². The van der Waals surface area contributed by atoms with Gasteiger partial charge in [0, 0.05) is 11.6 Å². The molecule has 0 heterocycles. The van der Waals surface area contributed by atoms with Crippen molar-refractivity contribution in [2.75, 3.05) is 21.3 Å². The Morgan fingerprint density at radius 1 is 1.16 bits per heavy atom. The zero-order chi connectivity index (χ0) is 18.6. The number of hydrogen-bond acceptors (Lipinski definition) is 7. The highest BCUT2D eigenvalue weighted by Gasteiger charge is 2.29. The summed E-state index contributed by atoms with van der Waals surface area (Å²) >= 11 is 0. The summed E-state index contributed by atoms with van der Waals surface area (Å²) in [5, 5.41) is 12.2. The lowest BCUT2D eigenvalue weighted by Gasteiger charge is -2.18. The molecule has 8 nitrogen and oxygen atoms in total. The molecule has 0 spiro atoms. The first-order valence-electron chi connectivity index (χ1n) is 7.32. The summed E-state index contributed by atoms with van der Waals surface area (Å²) < 4.78 is 14.7. The maximum absolute atomic E-state index is 12.2. The smallest absolute Gasteiger partial charge is 0.313 e. The average molecular weight is 347 g/mol. The molecule has 0 N–H and O–H groups in total.